The number of hydrogen-bond acceptors (Lipinski definition) is 10. The summed E-state index contributed by atoms with van der Waals surface area (Å²) in [6.45, 7) is -1.14. The first-order chi connectivity index (χ1) is 16.9. The van der Waals surface area contributed by atoms with Crippen LogP contribution in [0.3, 0.4) is 0 Å². The van der Waals surface area contributed by atoms with Gasteiger partial charge in [0.05, 0.1) is 18.8 Å². The highest BCUT2D eigenvalue weighted by Gasteiger charge is 2.46. The smallest absolute Gasteiger partial charge is 0.387 e. The summed E-state index contributed by atoms with van der Waals surface area (Å²) >= 11 is 0. The van der Waals surface area contributed by atoms with E-state index < -0.39 is 58.0 Å². The van der Waals surface area contributed by atoms with Gasteiger partial charge in [-0.15, -0.1) is 0 Å². The van der Waals surface area contributed by atoms with Crippen LogP contribution in [0.15, 0.2) is 58.4 Å². The van der Waals surface area contributed by atoms with Crippen LogP contribution in [0.1, 0.15) is 11.9 Å². The van der Waals surface area contributed by atoms with Gasteiger partial charge in [-0.1, -0.05) is 24.3 Å². The van der Waals surface area contributed by atoms with Crippen LogP contribution in [0, 0.1) is 0 Å². The van der Waals surface area contributed by atoms with E-state index in [9.17, 15) is 33.8 Å². The van der Waals surface area contributed by atoms with E-state index in [1.54, 1.807) is 18.2 Å². The molecule has 194 valence electrons. The van der Waals surface area contributed by atoms with Crippen LogP contribution in [0.4, 0.5) is 0 Å². The van der Waals surface area contributed by atoms with Gasteiger partial charge in [-0.2, -0.15) is 4.31 Å². The average Bonchev–Trinajstić information content (AvgIpc) is 3.07. The number of phosphoric acid groups is 2. The Balaban J connectivity index is 1.58. The fourth-order valence-electron chi connectivity index (χ4n) is 3.75. The highest BCUT2D eigenvalue weighted by molar-refractivity contribution is 7.60. The zero-order valence-corrected chi connectivity index (χ0v) is 20.0. The molecule has 3 heterocycles. The van der Waals surface area contributed by atoms with Crippen molar-refractivity contribution in [1.82, 2.24) is 14.1 Å². The van der Waals surface area contributed by atoms with Crippen molar-refractivity contribution >= 4 is 26.4 Å². The number of nitrogens with zero attached hydrogens (tertiary/aromatic N) is 3. The number of aliphatic hydroxyl groups is 2. The number of benzene rings is 1. The van der Waals surface area contributed by atoms with Gasteiger partial charge in [0.2, 0.25) is 0 Å². The Labute approximate surface area is 201 Å². The minimum atomic E-state index is -5.37. The second kappa shape index (κ2) is 10.1. The summed E-state index contributed by atoms with van der Waals surface area (Å²) in [6, 6.07) is 10.1. The van der Waals surface area contributed by atoms with E-state index in [-0.39, 0.29) is 6.54 Å². The van der Waals surface area contributed by atoms with Crippen molar-refractivity contribution < 1.29 is 47.6 Å². The molecule has 5 atom stereocenters. The van der Waals surface area contributed by atoms with Crippen molar-refractivity contribution in [2.24, 2.45) is 0 Å². The largest absolute Gasteiger partial charge is 0.481 e. The fourth-order valence-corrected chi connectivity index (χ4v) is 5.35. The first kappa shape index (κ1) is 26.5. The Morgan fingerprint density at radius 1 is 1.03 bits per heavy atom. The number of pyridine rings is 1. The third kappa shape index (κ3) is 5.71. The van der Waals surface area contributed by atoms with E-state index >= 15 is 0 Å². The van der Waals surface area contributed by atoms with E-state index in [1.807, 2.05) is 12.1 Å². The maximum absolute atomic E-state index is 13.2. The summed E-state index contributed by atoms with van der Waals surface area (Å²) in [7, 11) is -10.6. The van der Waals surface area contributed by atoms with Crippen LogP contribution >= 0.6 is 15.6 Å². The monoisotopic (exact) mass is 545 g/mol. The lowest BCUT2D eigenvalue weighted by Crippen LogP contribution is -2.43. The molecule has 1 fully saturated rings. The quantitative estimate of drug-likeness (QED) is 0.225. The highest BCUT2D eigenvalue weighted by Crippen LogP contribution is 2.57. The molecule has 0 amide bonds. The molecular weight excluding hydrogens is 524 g/mol. The van der Waals surface area contributed by atoms with Gasteiger partial charge in [0.1, 0.15) is 18.3 Å². The molecule has 0 aliphatic carbocycles. The van der Waals surface area contributed by atoms with E-state index in [0.717, 1.165) is 32.2 Å². The molecule has 3 aromatic rings. The Bertz CT molecular complexity index is 1480. The number of fused-ring (bicyclic) bond motifs is 1. The van der Waals surface area contributed by atoms with E-state index in [0.29, 0.717) is 5.69 Å². The van der Waals surface area contributed by atoms with Crippen LogP contribution in [-0.4, -0.2) is 63.9 Å². The van der Waals surface area contributed by atoms with Crippen molar-refractivity contribution in [3.63, 3.8) is 0 Å². The number of aliphatic hydroxyl groups excluding tert-OH is 2. The van der Waals surface area contributed by atoms with Crippen LogP contribution in [0.25, 0.3) is 10.8 Å². The Morgan fingerprint density at radius 3 is 2.47 bits per heavy atom. The molecule has 5 N–H and O–H groups in total. The van der Waals surface area contributed by atoms with Gasteiger partial charge in [-0.05, 0) is 11.5 Å². The molecule has 17 heteroatoms. The zero-order chi connectivity index (χ0) is 26.3. The molecule has 0 saturated carbocycles. The Morgan fingerprint density at radius 2 is 1.75 bits per heavy atom. The molecule has 0 spiro atoms. The first-order valence-corrected chi connectivity index (χ1v) is 13.3. The lowest BCUT2D eigenvalue weighted by atomic mass is 10.1. The van der Waals surface area contributed by atoms with Crippen LogP contribution in [-0.2, 0) is 29.2 Å². The molecule has 1 aliphatic rings. The molecule has 36 heavy (non-hydrogen) atoms. The number of aromatic nitrogens is 3. The Hall–Kier alpha value is -2.55. The molecule has 4 rings (SSSR count). The van der Waals surface area contributed by atoms with Gasteiger partial charge in [0.15, 0.2) is 6.23 Å². The summed E-state index contributed by atoms with van der Waals surface area (Å²) in [6.07, 6.45) is -3.93. The van der Waals surface area contributed by atoms with Gasteiger partial charge >= 0.3 is 21.3 Å². The highest BCUT2D eigenvalue weighted by atomic mass is 31.3. The summed E-state index contributed by atoms with van der Waals surface area (Å²) < 4.78 is 37.6. The molecule has 2 aromatic heterocycles. The van der Waals surface area contributed by atoms with Crippen LogP contribution < -0.4 is 11.2 Å². The molecule has 15 nitrogen and oxygen atoms in total. The third-order valence-electron chi connectivity index (χ3n) is 5.38. The zero-order valence-electron chi connectivity index (χ0n) is 18.2. The van der Waals surface area contributed by atoms with E-state index in [4.69, 9.17) is 14.5 Å². The second-order valence-corrected chi connectivity index (χ2v) is 10.6. The summed E-state index contributed by atoms with van der Waals surface area (Å²) in [4.78, 5) is 56.6. The lowest BCUT2D eigenvalue weighted by molar-refractivity contribution is -0.0547. The lowest BCUT2D eigenvalue weighted by Gasteiger charge is -2.19. The van der Waals surface area contributed by atoms with Gasteiger partial charge in [-0.3, -0.25) is 23.4 Å². The molecule has 0 radical (unpaired) electrons. The predicted octanol–water partition coefficient (Wildman–Crippen LogP) is -0.548. The molecule has 1 aromatic carbocycles. The van der Waals surface area contributed by atoms with Gasteiger partial charge in [0.25, 0.3) is 5.56 Å². The number of ether oxygens (including phenoxy) is 1. The topological polar surface area (TPSA) is 220 Å². The SMILES string of the molecule is O=c1ccn([C@@H]2O[C@H](COP(=O)(O)OP(=O)(O)O)[C@H](O)[C@@H]2O)c(=O)n1Cc1nccc2ccccc12. The standard InChI is InChI=1S/C19H21N3O12P2/c23-15-6-8-21(19(26)22(15)9-13-12-4-2-1-3-11(12)5-7-20-13)18-17(25)16(24)14(33-18)10-32-36(30,31)34-35(27,28)29/h1-8,14,16-18,24-25H,9-10H2,(H,30,31)(H2,27,28,29)/t14-,16+,17+,18-/m1/s1. The van der Waals surface area contributed by atoms with Crippen molar-refractivity contribution in [2.75, 3.05) is 6.61 Å². The molecule has 0 bridgehead atoms. The predicted molar refractivity (Wildman–Crippen MR) is 121 cm³/mol. The summed E-state index contributed by atoms with van der Waals surface area (Å²) in [5.41, 5.74) is -1.12. The summed E-state index contributed by atoms with van der Waals surface area (Å²) in [5.74, 6) is 0. The fraction of sp³-hybridized carbons (Fsp3) is 0.316. The molecule has 1 aliphatic heterocycles. The number of rotatable bonds is 8. The Kier molecular flexibility index (Phi) is 7.42. The second-order valence-electron chi connectivity index (χ2n) is 7.79. The van der Waals surface area contributed by atoms with E-state index in [1.165, 1.54) is 6.20 Å². The third-order valence-corrected chi connectivity index (χ3v) is 7.53. The molecule has 1 unspecified atom stereocenters. The summed E-state index contributed by atoms with van der Waals surface area (Å²) in [5, 5.41) is 22.3. The first-order valence-electron chi connectivity index (χ1n) is 10.3. The van der Waals surface area contributed by atoms with Crippen LogP contribution in [0.5, 0.6) is 0 Å². The number of phosphoric ester groups is 1. The van der Waals surface area contributed by atoms with Crippen molar-refractivity contribution in [3.05, 3.63) is 75.3 Å². The van der Waals surface area contributed by atoms with Gasteiger partial charge in [0, 0.05) is 23.8 Å². The number of hydrogen-bond donors (Lipinski definition) is 5. The maximum Gasteiger partial charge on any atom is 0.481 e. The normalized spacial score (nSPS) is 24.1. The van der Waals surface area contributed by atoms with Crippen molar-refractivity contribution in [1.29, 1.82) is 0 Å². The van der Waals surface area contributed by atoms with Crippen LogP contribution in [0.2, 0.25) is 0 Å². The molecule has 1 saturated heterocycles. The van der Waals surface area contributed by atoms with Gasteiger partial charge < -0.3 is 29.6 Å². The molecular formula is C19H21N3O12P2. The average molecular weight is 545 g/mol. The van der Waals surface area contributed by atoms with E-state index in [2.05, 4.69) is 13.8 Å². The van der Waals surface area contributed by atoms with Gasteiger partial charge in [-0.25, -0.2) is 13.9 Å². The maximum atomic E-state index is 13.2. The van der Waals surface area contributed by atoms with Crippen molar-refractivity contribution in [2.45, 2.75) is 31.1 Å². The minimum Gasteiger partial charge on any atom is -0.387 e. The van der Waals surface area contributed by atoms with Crippen molar-refractivity contribution in [3.8, 4) is 0 Å². The minimum absolute atomic E-state index is 0.203.